The minimum absolute atomic E-state index is 0.118. The van der Waals surface area contributed by atoms with E-state index in [1.165, 1.54) is 20.0 Å². The van der Waals surface area contributed by atoms with Gasteiger partial charge in [-0.2, -0.15) is 11.8 Å². The first kappa shape index (κ1) is 15.1. The number of rotatable bonds is 5. The summed E-state index contributed by atoms with van der Waals surface area (Å²) in [6, 6.07) is 2.29. The largest absolute Gasteiger partial charge is 0.463 e. The number of nitrogens with zero attached hydrogens (tertiary/aromatic N) is 2. The Balaban J connectivity index is 2.12. The number of ether oxygens (including phenoxy) is 1. The molecule has 2 atom stereocenters. The standard InChI is InChI=1S/C14H21N3O2S/c1-4-20-11-7-5-6-10(11)16-12-8-9(2)15-13(17-12)14(18)19-3/h8,10-11H,4-7H2,1-3H3,(H,15,16,17). The molecule has 2 unspecified atom stereocenters. The number of nitrogens with one attached hydrogen (secondary N) is 1. The van der Waals surface area contributed by atoms with Gasteiger partial charge in [-0.1, -0.05) is 13.3 Å². The van der Waals surface area contributed by atoms with Crippen molar-refractivity contribution in [2.75, 3.05) is 18.2 Å². The van der Waals surface area contributed by atoms with E-state index >= 15 is 0 Å². The lowest BCUT2D eigenvalue weighted by atomic mass is 10.2. The topological polar surface area (TPSA) is 64.1 Å². The zero-order valence-electron chi connectivity index (χ0n) is 12.2. The van der Waals surface area contributed by atoms with Gasteiger partial charge in [0.15, 0.2) is 0 Å². The molecular formula is C14H21N3O2S. The second kappa shape index (κ2) is 6.92. The quantitative estimate of drug-likeness (QED) is 0.843. The summed E-state index contributed by atoms with van der Waals surface area (Å²) in [5.74, 6) is 1.46. The molecule has 1 aliphatic carbocycles. The van der Waals surface area contributed by atoms with E-state index in [2.05, 4.69) is 26.9 Å². The molecule has 5 nitrogen and oxygen atoms in total. The van der Waals surface area contributed by atoms with Crippen LogP contribution in [0.2, 0.25) is 0 Å². The Kier molecular flexibility index (Phi) is 5.23. The van der Waals surface area contributed by atoms with E-state index in [0.717, 1.165) is 17.9 Å². The summed E-state index contributed by atoms with van der Waals surface area (Å²) in [7, 11) is 1.34. The van der Waals surface area contributed by atoms with Crippen LogP contribution in [-0.2, 0) is 4.74 Å². The van der Waals surface area contributed by atoms with E-state index < -0.39 is 5.97 Å². The van der Waals surface area contributed by atoms with Crippen molar-refractivity contribution in [3.8, 4) is 0 Å². The first-order valence-electron chi connectivity index (χ1n) is 6.96. The number of carbonyl (C=O) groups is 1. The number of anilines is 1. The van der Waals surface area contributed by atoms with Crippen LogP contribution < -0.4 is 5.32 Å². The van der Waals surface area contributed by atoms with Crippen molar-refractivity contribution in [3.63, 3.8) is 0 Å². The zero-order valence-corrected chi connectivity index (χ0v) is 13.0. The van der Waals surface area contributed by atoms with Gasteiger partial charge in [0.1, 0.15) is 5.82 Å². The maximum atomic E-state index is 11.5. The van der Waals surface area contributed by atoms with E-state index in [1.54, 1.807) is 0 Å². The van der Waals surface area contributed by atoms with Crippen LogP contribution in [-0.4, -0.2) is 40.1 Å². The molecule has 20 heavy (non-hydrogen) atoms. The molecular weight excluding hydrogens is 274 g/mol. The SMILES string of the molecule is CCSC1CCCC1Nc1cc(C)nc(C(=O)OC)n1. The van der Waals surface area contributed by atoms with Crippen LogP contribution in [0.5, 0.6) is 0 Å². The number of thioether (sulfide) groups is 1. The Morgan fingerprint density at radius 3 is 3.00 bits per heavy atom. The van der Waals surface area contributed by atoms with E-state index in [4.69, 9.17) is 0 Å². The third kappa shape index (κ3) is 3.62. The average Bonchev–Trinajstić information content (AvgIpc) is 2.85. The van der Waals surface area contributed by atoms with Gasteiger partial charge in [-0.25, -0.2) is 14.8 Å². The Morgan fingerprint density at radius 2 is 2.30 bits per heavy atom. The van der Waals surface area contributed by atoms with Crippen molar-refractivity contribution in [3.05, 3.63) is 17.6 Å². The summed E-state index contributed by atoms with van der Waals surface area (Å²) >= 11 is 1.99. The molecule has 1 aliphatic rings. The van der Waals surface area contributed by atoms with Crippen molar-refractivity contribution in [2.45, 2.75) is 44.4 Å². The molecule has 0 bridgehead atoms. The fourth-order valence-corrected chi connectivity index (χ4v) is 3.72. The smallest absolute Gasteiger partial charge is 0.376 e. The molecule has 1 fully saturated rings. The van der Waals surface area contributed by atoms with Gasteiger partial charge < -0.3 is 10.1 Å². The highest BCUT2D eigenvalue weighted by molar-refractivity contribution is 7.99. The number of carbonyl (C=O) groups excluding carboxylic acids is 1. The van der Waals surface area contributed by atoms with Crippen LogP contribution in [0.4, 0.5) is 5.82 Å². The molecule has 6 heteroatoms. The van der Waals surface area contributed by atoms with Gasteiger partial charge in [-0.3, -0.25) is 0 Å². The Bertz CT molecular complexity index is 481. The summed E-state index contributed by atoms with van der Waals surface area (Å²) in [4.78, 5) is 19.9. The molecule has 1 heterocycles. The molecule has 0 aliphatic heterocycles. The van der Waals surface area contributed by atoms with Crippen molar-refractivity contribution >= 4 is 23.5 Å². The third-order valence-electron chi connectivity index (χ3n) is 3.39. The maximum absolute atomic E-state index is 11.5. The molecule has 0 saturated heterocycles. The lowest BCUT2D eigenvalue weighted by molar-refractivity contribution is 0.0586. The zero-order chi connectivity index (χ0) is 14.5. The van der Waals surface area contributed by atoms with E-state index in [0.29, 0.717) is 17.1 Å². The van der Waals surface area contributed by atoms with Crippen molar-refractivity contribution < 1.29 is 9.53 Å². The summed E-state index contributed by atoms with van der Waals surface area (Å²) in [5, 5.41) is 4.08. The van der Waals surface area contributed by atoms with Crippen molar-refractivity contribution in [1.82, 2.24) is 9.97 Å². The number of hydrogen-bond acceptors (Lipinski definition) is 6. The van der Waals surface area contributed by atoms with Crippen molar-refractivity contribution in [2.24, 2.45) is 0 Å². The van der Waals surface area contributed by atoms with Crippen molar-refractivity contribution in [1.29, 1.82) is 0 Å². The number of esters is 1. The van der Waals surface area contributed by atoms with Gasteiger partial charge >= 0.3 is 5.97 Å². The number of methoxy groups -OCH3 is 1. The molecule has 1 aromatic heterocycles. The Morgan fingerprint density at radius 1 is 1.50 bits per heavy atom. The molecule has 0 spiro atoms. The first-order chi connectivity index (χ1) is 9.63. The minimum Gasteiger partial charge on any atom is -0.463 e. The molecule has 0 aromatic carbocycles. The molecule has 1 aromatic rings. The van der Waals surface area contributed by atoms with Crippen LogP contribution in [0.25, 0.3) is 0 Å². The van der Waals surface area contributed by atoms with Crippen LogP contribution >= 0.6 is 11.8 Å². The normalized spacial score (nSPS) is 21.8. The van der Waals surface area contributed by atoms with Crippen LogP contribution in [0, 0.1) is 6.92 Å². The van der Waals surface area contributed by atoms with Crippen LogP contribution in [0.1, 0.15) is 42.5 Å². The Hall–Kier alpha value is -1.30. The summed E-state index contributed by atoms with van der Waals surface area (Å²) < 4.78 is 4.68. The molecule has 1 saturated carbocycles. The fourth-order valence-electron chi connectivity index (χ4n) is 2.52. The highest BCUT2D eigenvalue weighted by atomic mass is 32.2. The predicted molar refractivity (Wildman–Crippen MR) is 81.3 cm³/mol. The maximum Gasteiger partial charge on any atom is 0.376 e. The third-order valence-corrected chi connectivity index (χ3v) is 4.71. The van der Waals surface area contributed by atoms with Crippen LogP contribution in [0.3, 0.4) is 0 Å². The monoisotopic (exact) mass is 295 g/mol. The summed E-state index contributed by atoms with van der Waals surface area (Å²) in [6.07, 6.45) is 3.63. The lowest BCUT2D eigenvalue weighted by Crippen LogP contribution is -2.27. The number of hydrogen-bond donors (Lipinski definition) is 1. The van der Waals surface area contributed by atoms with Gasteiger partial charge in [0.05, 0.1) is 7.11 Å². The fraction of sp³-hybridized carbons (Fsp3) is 0.643. The molecule has 0 radical (unpaired) electrons. The van der Waals surface area contributed by atoms with Crippen LogP contribution in [0.15, 0.2) is 6.07 Å². The van der Waals surface area contributed by atoms with Gasteiger partial charge in [-0.15, -0.1) is 0 Å². The first-order valence-corrected chi connectivity index (χ1v) is 8.01. The summed E-state index contributed by atoms with van der Waals surface area (Å²) in [5.41, 5.74) is 0.764. The van der Waals surface area contributed by atoms with E-state index in [1.807, 2.05) is 24.8 Å². The van der Waals surface area contributed by atoms with Gasteiger partial charge in [-0.05, 0) is 25.5 Å². The highest BCUT2D eigenvalue weighted by Gasteiger charge is 2.27. The lowest BCUT2D eigenvalue weighted by Gasteiger charge is -2.21. The second-order valence-electron chi connectivity index (χ2n) is 4.89. The minimum atomic E-state index is -0.498. The number of aryl methyl sites for hydroxylation is 1. The Labute approximate surface area is 123 Å². The molecule has 2 rings (SSSR count). The second-order valence-corrected chi connectivity index (χ2v) is 6.40. The van der Waals surface area contributed by atoms with E-state index in [9.17, 15) is 4.79 Å². The molecule has 0 amide bonds. The number of aromatic nitrogens is 2. The highest BCUT2D eigenvalue weighted by Crippen LogP contribution is 2.31. The summed E-state index contributed by atoms with van der Waals surface area (Å²) in [6.45, 7) is 4.04. The molecule has 1 N–H and O–H groups in total. The van der Waals surface area contributed by atoms with Gasteiger partial charge in [0.25, 0.3) is 0 Å². The molecule has 110 valence electrons. The average molecular weight is 295 g/mol. The predicted octanol–water partition coefficient (Wildman–Crippen LogP) is 2.66. The van der Waals surface area contributed by atoms with Gasteiger partial charge in [0.2, 0.25) is 5.82 Å². The van der Waals surface area contributed by atoms with Gasteiger partial charge in [0, 0.05) is 23.1 Å². The van der Waals surface area contributed by atoms with E-state index in [-0.39, 0.29) is 5.82 Å².